The van der Waals surface area contributed by atoms with Crippen molar-refractivity contribution in [3.63, 3.8) is 0 Å². The zero-order chi connectivity index (χ0) is 15.9. The third kappa shape index (κ3) is 2.16. The van der Waals surface area contributed by atoms with Crippen LogP contribution in [0, 0.1) is 0 Å². The quantitative estimate of drug-likeness (QED) is 0.944. The molecule has 22 heavy (non-hydrogen) atoms. The number of fused-ring (bicyclic) bond motifs is 1. The van der Waals surface area contributed by atoms with Gasteiger partial charge in [0.05, 0.1) is 11.3 Å². The number of anilines is 1. The molecule has 6 heteroatoms. The molecule has 0 radical (unpaired) electrons. The molecular formula is C16H15NO4S. The van der Waals surface area contributed by atoms with Crippen LogP contribution in [0.1, 0.15) is 22.8 Å². The minimum absolute atomic E-state index is 0.175. The van der Waals surface area contributed by atoms with E-state index >= 15 is 0 Å². The van der Waals surface area contributed by atoms with Crippen molar-refractivity contribution in [3.8, 4) is 0 Å². The average Bonchev–Trinajstić information content (AvgIpc) is 2.83. The normalized spacial score (nSPS) is 17.3. The van der Waals surface area contributed by atoms with Gasteiger partial charge < -0.3 is 5.11 Å². The fraction of sp³-hybridized carbons (Fsp3) is 0.188. The second kappa shape index (κ2) is 5.14. The van der Waals surface area contributed by atoms with Crippen molar-refractivity contribution in [2.75, 3.05) is 4.31 Å². The lowest BCUT2D eigenvalue weighted by atomic mass is 10.1. The topological polar surface area (TPSA) is 74.7 Å². The molecule has 0 saturated carbocycles. The molecule has 1 N–H and O–H groups in total. The van der Waals surface area contributed by atoms with Gasteiger partial charge in [0.15, 0.2) is 0 Å². The maximum atomic E-state index is 13.0. The van der Waals surface area contributed by atoms with Crippen molar-refractivity contribution in [2.45, 2.75) is 24.3 Å². The Kier molecular flexibility index (Phi) is 3.41. The molecule has 0 aromatic heterocycles. The summed E-state index contributed by atoms with van der Waals surface area (Å²) in [4.78, 5) is 11.2. The van der Waals surface area contributed by atoms with E-state index in [0.29, 0.717) is 12.1 Å². The first-order chi connectivity index (χ1) is 10.4. The van der Waals surface area contributed by atoms with E-state index < -0.39 is 16.0 Å². The molecule has 0 fully saturated rings. The van der Waals surface area contributed by atoms with Crippen LogP contribution in [0.15, 0.2) is 53.4 Å². The summed E-state index contributed by atoms with van der Waals surface area (Å²) in [6.07, 6.45) is 0.616. The fourth-order valence-corrected chi connectivity index (χ4v) is 4.76. The van der Waals surface area contributed by atoms with E-state index in [2.05, 4.69) is 0 Å². The summed E-state index contributed by atoms with van der Waals surface area (Å²) in [7, 11) is -3.92. The molecular weight excluding hydrogens is 302 g/mol. The average molecular weight is 317 g/mol. The number of carboxylic acids is 1. The highest BCUT2D eigenvalue weighted by molar-refractivity contribution is 7.93. The summed E-state index contributed by atoms with van der Waals surface area (Å²) in [6.45, 7) is 1.82. The highest BCUT2D eigenvalue weighted by Crippen LogP contribution is 2.37. The second-order valence-electron chi connectivity index (χ2n) is 5.28. The van der Waals surface area contributed by atoms with Gasteiger partial charge in [-0.15, -0.1) is 0 Å². The summed E-state index contributed by atoms with van der Waals surface area (Å²) >= 11 is 0. The van der Waals surface area contributed by atoms with E-state index in [9.17, 15) is 18.3 Å². The van der Waals surface area contributed by atoms with Gasteiger partial charge >= 0.3 is 5.97 Å². The number of benzene rings is 2. The molecule has 2 aromatic rings. The van der Waals surface area contributed by atoms with Crippen molar-refractivity contribution >= 4 is 21.7 Å². The molecule has 0 spiro atoms. The van der Waals surface area contributed by atoms with Gasteiger partial charge in [0.1, 0.15) is 4.90 Å². The Morgan fingerprint density at radius 2 is 1.77 bits per heavy atom. The van der Waals surface area contributed by atoms with E-state index in [4.69, 9.17) is 0 Å². The number of aromatic carboxylic acids is 1. The van der Waals surface area contributed by atoms with E-state index in [-0.39, 0.29) is 16.5 Å². The van der Waals surface area contributed by atoms with Crippen molar-refractivity contribution in [1.82, 2.24) is 0 Å². The Morgan fingerprint density at radius 3 is 2.50 bits per heavy atom. The Morgan fingerprint density at radius 1 is 1.14 bits per heavy atom. The molecule has 1 aliphatic heterocycles. The lowest BCUT2D eigenvalue weighted by molar-refractivity contribution is 0.0692. The third-order valence-corrected chi connectivity index (χ3v) is 5.79. The van der Waals surface area contributed by atoms with Gasteiger partial charge in [-0.3, -0.25) is 4.31 Å². The van der Waals surface area contributed by atoms with E-state index in [0.717, 1.165) is 5.56 Å². The van der Waals surface area contributed by atoms with Crippen LogP contribution < -0.4 is 4.31 Å². The lowest BCUT2D eigenvalue weighted by Gasteiger charge is -2.25. The molecule has 3 rings (SSSR count). The first kappa shape index (κ1) is 14.6. The molecule has 1 heterocycles. The van der Waals surface area contributed by atoms with Crippen molar-refractivity contribution in [3.05, 3.63) is 59.7 Å². The van der Waals surface area contributed by atoms with Gasteiger partial charge in [-0.1, -0.05) is 30.3 Å². The molecule has 0 amide bonds. The Bertz CT molecular complexity index is 845. The van der Waals surface area contributed by atoms with Crippen LogP contribution in [-0.2, 0) is 16.4 Å². The molecule has 0 bridgehead atoms. The zero-order valence-corrected chi connectivity index (χ0v) is 12.7. The van der Waals surface area contributed by atoms with Crippen LogP contribution in [0.5, 0.6) is 0 Å². The maximum absolute atomic E-state index is 13.0. The molecule has 1 aliphatic rings. The number of sulfonamides is 1. The largest absolute Gasteiger partial charge is 0.478 e. The lowest BCUT2D eigenvalue weighted by Crippen LogP contribution is -2.36. The highest BCUT2D eigenvalue weighted by Gasteiger charge is 2.37. The summed E-state index contributed by atoms with van der Waals surface area (Å²) in [5.74, 6) is -1.25. The maximum Gasteiger partial charge on any atom is 0.337 e. The summed E-state index contributed by atoms with van der Waals surface area (Å²) in [5, 5.41) is 9.25. The number of hydrogen-bond donors (Lipinski definition) is 1. The predicted molar refractivity (Wildman–Crippen MR) is 82.7 cm³/mol. The van der Waals surface area contributed by atoms with Crippen LogP contribution in [0.25, 0.3) is 0 Å². The molecule has 5 nitrogen and oxygen atoms in total. The van der Waals surface area contributed by atoms with Crippen LogP contribution in [-0.4, -0.2) is 25.5 Å². The smallest absolute Gasteiger partial charge is 0.337 e. The number of hydrogen-bond acceptors (Lipinski definition) is 3. The van der Waals surface area contributed by atoms with E-state index in [1.165, 1.54) is 28.6 Å². The number of para-hydroxylation sites is 1. The SMILES string of the molecule is CC1Cc2ccccc2N1S(=O)(=O)c1ccccc1C(=O)O. The monoisotopic (exact) mass is 317 g/mol. The van der Waals surface area contributed by atoms with E-state index in [1.807, 2.05) is 19.1 Å². The molecule has 1 atom stereocenters. The number of nitrogens with zero attached hydrogens (tertiary/aromatic N) is 1. The van der Waals surface area contributed by atoms with Gasteiger partial charge in [0, 0.05) is 6.04 Å². The highest BCUT2D eigenvalue weighted by atomic mass is 32.2. The molecule has 1 unspecified atom stereocenters. The minimum Gasteiger partial charge on any atom is -0.478 e. The van der Waals surface area contributed by atoms with Crippen molar-refractivity contribution < 1.29 is 18.3 Å². The number of carboxylic acid groups (broad SMARTS) is 1. The first-order valence-corrected chi connectivity index (χ1v) is 8.31. The first-order valence-electron chi connectivity index (χ1n) is 6.87. The number of carbonyl (C=O) groups is 1. The van der Waals surface area contributed by atoms with Crippen LogP contribution >= 0.6 is 0 Å². The van der Waals surface area contributed by atoms with Crippen LogP contribution in [0.2, 0.25) is 0 Å². The second-order valence-corrected chi connectivity index (χ2v) is 7.07. The van der Waals surface area contributed by atoms with Gasteiger partial charge in [-0.2, -0.15) is 0 Å². The minimum atomic E-state index is -3.92. The Balaban J connectivity index is 2.18. The summed E-state index contributed by atoms with van der Waals surface area (Å²) < 4.78 is 27.3. The fourth-order valence-electron chi connectivity index (χ4n) is 2.88. The van der Waals surface area contributed by atoms with Crippen molar-refractivity contribution in [2.24, 2.45) is 0 Å². The molecule has 114 valence electrons. The van der Waals surface area contributed by atoms with Gasteiger partial charge in [0.2, 0.25) is 0 Å². The van der Waals surface area contributed by atoms with Gasteiger partial charge in [0.25, 0.3) is 10.0 Å². The van der Waals surface area contributed by atoms with E-state index in [1.54, 1.807) is 12.1 Å². The molecule has 2 aromatic carbocycles. The Labute approximate surface area is 128 Å². The third-order valence-electron chi connectivity index (χ3n) is 3.80. The molecule has 0 saturated heterocycles. The van der Waals surface area contributed by atoms with Gasteiger partial charge in [-0.05, 0) is 37.1 Å². The Hall–Kier alpha value is -2.34. The summed E-state index contributed by atoms with van der Waals surface area (Å²) in [5.41, 5.74) is 1.36. The van der Waals surface area contributed by atoms with Gasteiger partial charge in [-0.25, -0.2) is 13.2 Å². The van der Waals surface area contributed by atoms with Crippen LogP contribution in [0.3, 0.4) is 0 Å². The standard InChI is InChI=1S/C16H15NO4S/c1-11-10-12-6-2-4-8-14(12)17(11)22(20,21)15-9-5-3-7-13(15)16(18)19/h2-9,11H,10H2,1H3,(H,18,19). The number of rotatable bonds is 3. The predicted octanol–water partition coefficient (Wildman–Crippen LogP) is 2.52. The molecule has 0 aliphatic carbocycles. The van der Waals surface area contributed by atoms with Crippen LogP contribution in [0.4, 0.5) is 5.69 Å². The zero-order valence-electron chi connectivity index (χ0n) is 11.9. The van der Waals surface area contributed by atoms with Crippen molar-refractivity contribution in [1.29, 1.82) is 0 Å². The summed E-state index contributed by atoms with van der Waals surface area (Å²) in [6, 6.07) is 12.7.